The third-order valence-corrected chi connectivity index (χ3v) is 5.24. The molecule has 34 heavy (non-hydrogen) atoms. The van der Waals surface area contributed by atoms with Crippen molar-refractivity contribution in [2.75, 3.05) is 39.2 Å². The van der Waals surface area contributed by atoms with Gasteiger partial charge in [0.25, 0.3) is 0 Å². The SMILES string of the molecule is COCC(=O)N(CC(=O)Nc1nc(-c2ccc(Cl)cc2)cn1-c1ccc(OC)cc1)CC(C)C. The second-order valence-electron chi connectivity index (χ2n) is 8.17. The van der Waals surface area contributed by atoms with Gasteiger partial charge in [0.15, 0.2) is 0 Å². The second kappa shape index (κ2) is 11.7. The molecule has 1 N–H and O–H groups in total. The van der Waals surface area contributed by atoms with Crippen LogP contribution in [0.4, 0.5) is 5.95 Å². The summed E-state index contributed by atoms with van der Waals surface area (Å²) in [5.74, 6) is 0.656. The van der Waals surface area contributed by atoms with Crippen LogP contribution in [0.5, 0.6) is 5.75 Å². The van der Waals surface area contributed by atoms with Crippen molar-refractivity contribution in [3.63, 3.8) is 0 Å². The fourth-order valence-corrected chi connectivity index (χ4v) is 3.54. The van der Waals surface area contributed by atoms with E-state index in [2.05, 4.69) is 10.3 Å². The van der Waals surface area contributed by atoms with E-state index in [1.165, 1.54) is 12.0 Å². The first-order valence-electron chi connectivity index (χ1n) is 10.9. The molecule has 2 aromatic carbocycles. The van der Waals surface area contributed by atoms with Crippen molar-refractivity contribution in [2.24, 2.45) is 5.92 Å². The van der Waals surface area contributed by atoms with Gasteiger partial charge in [-0.05, 0) is 42.3 Å². The molecule has 3 aromatic rings. The van der Waals surface area contributed by atoms with Gasteiger partial charge in [0.1, 0.15) is 18.9 Å². The van der Waals surface area contributed by atoms with Crippen LogP contribution in [-0.4, -0.2) is 60.2 Å². The van der Waals surface area contributed by atoms with Gasteiger partial charge in [-0.25, -0.2) is 4.98 Å². The Bertz CT molecular complexity index is 1110. The van der Waals surface area contributed by atoms with Crippen LogP contribution < -0.4 is 10.1 Å². The predicted octanol–water partition coefficient (Wildman–Crippen LogP) is 4.27. The average molecular weight is 485 g/mol. The number of carbonyl (C=O) groups excluding carboxylic acids is 2. The molecule has 2 amide bonds. The number of benzene rings is 2. The first-order chi connectivity index (χ1) is 16.3. The molecule has 0 fully saturated rings. The average Bonchev–Trinajstić information content (AvgIpc) is 3.22. The number of hydrogen-bond acceptors (Lipinski definition) is 5. The summed E-state index contributed by atoms with van der Waals surface area (Å²) in [5, 5.41) is 3.48. The van der Waals surface area contributed by atoms with Gasteiger partial charge in [0, 0.05) is 36.1 Å². The highest BCUT2D eigenvalue weighted by atomic mass is 35.5. The maximum Gasteiger partial charge on any atom is 0.249 e. The van der Waals surface area contributed by atoms with E-state index in [1.807, 2.05) is 56.4 Å². The quantitative estimate of drug-likeness (QED) is 0.464. The number of nitrogens with one attached hydrogen (secondary N) is 1. The van der Waals surface area contributed by atoms with Crippen LogP contribution in [0.2, 0.25) is 5.02 Å². The minimum atomic E-state index is -0.354. The number of carbonyl (C=O) groups is 2. The monoisotopic (exact) mass is 484 g/mol. The number of ether oxygens (including phenoxy) is 2. The van der Waals surface area contributed by atoms with Crippen molar-refractivity contribution in [1.82, 2.24) is 14.5 Å². The molecule has 9 heteroatoms. The molecule has 3 rings (SSSR count). The van der Waals surface area contributed by atoms with E-state index in [-0.39, 0.29) is 30.9 Å². The highest BCUT2D eigenvalue weighted by Gasteiger charge is 2.20. The van der Waals surface area contributed by atoms with E-state index >= 15 is 0 Å². The van der Waals surface area contributed by atoms with Gasteiger partial charge in [-0.2, -0.15) is 0 Å². The first-order valence-corrected chi connectivity index (χ1v) is 11.2. The first kappa shape index (κ1) is 25.3. The van der Waals surface area contributed by atoms with Gasteiger partial charge < -0.3 is 14.4 Å². The molecule has 0 unspecified atom stereocenters. The molecule has 8 nitrogen and oxygen atoms in total. The Morgan fingerprint density at radius 1 is 1.09 bits per heavy atom. The van der Waals surface area contributed by atoms with Crippen molar-refractivity contribution in [3.8, 4) is 22.7 Å². The van der Waals surface area contributed by atoms with Crippen LogP contribution in [0.25, 0.3) is 16.9 Å². The summed E-state index contributed by atoms with van der Waals surface area (Å²) in [6, 6.07) is 14.7. The van der Waals surface area contributed by atoms with Gasteiger partial charge >= 0.3 is 0 Å². The number of amides is 2. The molecule has 0 aliphatic carbocycles. The molecule has 0 saturated heterocycles. The fraction of sp³-hybridized carbons (Fsp3) is 0.320. The summed E-state index contributed by atoms with van der Waals surface area (Å²) in [5.41, 5.74) is 2.31. The fourth-order valence-electron chi connectivity index (χ4n) is 3.42. The molecule has 0 aliphatic heterocycles. The van der Waals surface area contributed by atoms with E-state index in [4.69, 9.17) is 21.1 Å². The molecule has 180 valence electrons. The summed E-state index contributed by atoms with van der Waals surface area (Å²) in [7, 11) is 3.06. The van der Waals surface area contributed by atoms with Crippen LogP contribution >= 0.6 is 11.6 Å². The molecule has 0 atom stereocenters. The van der Waals surface area contributed by atoms with E-state index < -0.39 is 0 Å². The lowest BCUT2D eigenvalue weighted by molar-refractivity contribution is -0.138. The van der Waals surface area contributed by atoms with Crippen LogP contribution in [0, 0.1) is 5.92 Å². The van der Waals surface area contributed by atoms with Crippen molar-refractivity contribution in [3.05, 3.63) is 59.8 Å². The Balaban J connectivity index is 1.90. The summed E-state index contributed by atoms with van der Waals surface area (Å²) in [6.45, 7) is 4.23. The zero-order chi connectivity index (χ0) is 24.7. The largest absolute Gasteiger partial charge is 0.497 e. The maximum atomic E-state index is 13.0. The number of rotatable bonds is 10. The van der Waals surface area contributed by atoms with Crippen molar-refractivity contribution in [2.45, 2.75) is 13.8 Å². The Morgan fingerprint density at radius 3 is 2.35 bits per heavy atom. The van der Waals surface area contributed by atoms with E-state index in [1.54, 1.807) is 23.8 Å². The van der Waals surface area contributed by atoms with E-state index in [0.29, 0.717) is 29.0 Å². The minimum Gasteiger partial charge on any atom is -0.497 e. The molecule has 0 saturated carbocycles. The number of halogens is 1. The van der Waals surface area contributed by atoms with Gasteiger partial charge in [-0.1, -0.05) is 37.6 Å². The van der Waals surface area contributed by atoms with E-state index in [9.17, 15) is 9.59 Å². The normalized spacial score (nSPS) is 10.9. The zero-order valence-corrected chi connectivity index (χ0v) is 20.5. The lowest BCUT2D eigenvalue weighted by Gasteiger charge is -2.23. The number of hydrogen-bond donors (Lipinski definition) is 1. The molecule has 0 radical (unpaired) electrons. The van der Waals surface area contributed by atoms with Gasteiger partial charge in [0.2, 0.25) is 17.8 Å². The number of methoxy groups -OCH3 is 2. The maximum absolute atomic E-state index is 13.0. The Kier molecular flexibility index (Phi) is 8.67. The number of imidazole rings is 1. The summed E-state index contributed by atoms with van der Waals surface area (Å²) < 4.78 is 12.0. The van der Waals surface area contributed by atoms with Crippen molar-refractivity contribution in [1.29, 1.82) is 0 Å². The second-order valence-corrected chi connectivity index (χ2v) is 8.61. The lowest BCUT2D eigenvalue weighted by Crippen LogP contribution is -2.42. The summed E-state index contributed by atoms with van der Waals surface area (Å²) in [4.78, 5) is 31.5. The zero-order valence-electron chi connectivity index (χ0n) is 19.7. The molecule has 0 aliphatic rings. The Hall–Kier alpha value is -3.36. The smallest absolute Gasteiger partial charge is 0.249 e. The van der Waals surface area contributed by atoms with Crippen molar-refractivity contribution < 1.29 is 19.1 Å². The molecule has 0 spiro atoms. The summed E-state index contributed by atoms with van der Waals surface area (Å²) in [6.07, 6.45) is 1.84. The summed E-state index contributed by atoms with van der Waals surface area (Å²) >= 11 is 6.03. The molecule has 1 aromatic heterocycles. The number of aromatic nitrogens is 2. The lowest BCUT2D eigenvalue weighted by atomic mass is 10.2. The third kappa shape index (κ3) is 6.59. The standard InChI is InChI=1S/C25H29ClN4O4/c1-17(2)13-29(24(32)16-33-3)15-23(31)28-25-27-22(18-5-7-19(26)8-6-18)14-30(25)20-9-11-21(34-4)12-10-20/h5-12,14,17H,13,15-16H2,1-4H3,(H,27,28,31). The number of anilines is 1. The van der Waals surface area contributed by atoms with Crippen LogP contribution in [0.15, 0.2) is 54.7 Å². The third-order valence-electron chi connectivity index (χ3n) is 4.99. The van der Waals surface area contributed by atoms with Gasteiger partial charge in [0.05, 0.1) is 12.8 Å². The van der Waals surface area contributed by atoms with Gasteiger partial charge in [-0.3, -0.25) is 19.5 Å². The van der Waals surface area contributed by atoms with Crippen LogP contribution in [0.3, 0.4) is 0 Å². The highest BCUT2D eigenvalue weighted by molar-refractivity contribution is 6.30. The predicted molar refractivity (Wildman–Crippen MR) is 132 cm³/mol. The highest BCUT2D eigenvalue weighted by Crippen LogP contribution is 2.26. The minimum absolute atomic E-state index is 0.0822. The molecular weight excluding hydrogens is 456 g/mol. The van der Waals surface area contributed by atoms with E-state index in [0.717, 1.165) is 11.3 Å². The van der Waals surface area contributed by atoms with Crippen LogP contribution in [-0.2, 0) is 14.3 Å². The Morgan fingerprint density at radius 2 is 1.76 bits per heavy atom. The molecule has 1 heterocycles. The molecular formula is C25H29ClN4O4. The Labute approximate surface area is 204 Å². The molecule has 0 bridgehead atoms. The number of nitrogens with zero attached hydrogens (tertiary/aromatic N) is 3. The van der Waals surface area contributed by atoms with Gasteiger partial charge in [-0.15, -0.1) is 0 Å². The van der Waals surface area contributed by atoms with Crippen molar-refractivity contribution >= 4 is 29.4 Å². The van der Waals surface area contributed by atoms with Crippen LogP contribution in [0.1, 0.15) is 13.8 Å². The topological polar surface area (TPSA) is 85.7 Å².